The molecule has 0 amide bonds. The van der Waals surface area contributed by atoms with Gasteiger partial charge in [-0.1, -0.05) is 0 Å². The van der Waals surface area contributed by atoms with Crippen LogP contribution < -0.4 is 0 Å². The second-order valence-corrected chi connectivity index (χ2v) is 4.63. The summed E-state index contributed by atoms with van der Waals surface area (Å²) in [6.45, 7) is 0. The predicted octanol–water partition coefficient (Wildman–Crippen LogP) is 2.93. The van der Waals surface area contributed by atoms with Gasteiger partial charge in [0.05, 0.1) is 12.5 Å². The average Bonchev–Trinajstić information content (AvgIpc) is 3.22. The van der Waals surface area contributed by atoms with Gasteiger partial charge in [0.1, 0.15) is 22.8 Å². The Morgan fingerprint density at radius 2 is 1.14 bits per heavy atom. The summed E-state index contributed by atoms with van der Waals surface area (Å²) in [6.07, 6.45) is 5.38. The number of hydrogen-bond acceptors (Lipinski definition) is 6. The van der Waals surface area contributed by atoms with Gasteiger partial charge in [-0.25, -0.2) is 9.97 Å². The maximum absolute atomic E-state index is 12.0. The highest BCUT2D eigenvalue weighted by Crippen LogP contribution is 2.31. The van der Waals surface area contributed by atoms with Crippen LogP contribution in [-0.2, 0) is 0 Å². The number of fused-ring (bicyclic) bond motifs is 1. The van der Waals surface area contributed by atoms with Gasteiger partial charge < -0.3 is 8.83 Å². The second-order valence-electron chi connectivity index (χ2n) is 4.63. The molecule has 0 radical (unpaired) electrons. The van der Waals surface area contributed by atoms with E-state index < -0.39 is 0 Å². The Bertz CT molecular complexity index is 831. The van der Waals surface area contributed by atoms with Crippen molar-refractivity contribution >= 4 is 11.6 Å². The van der Waals surface area contributed by atoms with Crippen molar-refractivity contribution in [3.05, 3.63) is 60.3 Å². The number of ketones is 2. The van der Waals surface area contributed by atoms with Gasteiger partial charge in [-0.05, 0) is 36.4 Å². The molecule has 0 saturated carbocycles. The molecule has 0 bridgehead atoms. The zero-order valence-electron chi connectivity index (χ0n) is 11.1. The summed E-state index contributed by atoms with van der Waals surface area (Å²) in [6, 6.07) is 6.81. The normalized spacial score (nSPS) is 13.5. The van der Waals surface area contributed by atoms with Crippen molar-refractivity contribution in [1.29, 1.82) is 0 Å². The number of furan rings is 2. The van der Waals surface area contributed by atoms with Gasteiger partial charge in [0, 0.05) is 0 Å². The zero-order valence-corrected chi connectivity index (χ0v) is 11.1. The van der Waals surface area contributed by atoms with Crippen molar-refractivity contribution in [3.63, 3.8) is 0 Å². The lowest BCUT2D eigenvalue weighted by Crippen LogP contribution is -2.17. The molecule has 0 aromatic carbocycles. The number of carbonyl (C=O) groups is 2. The number of carbonyl (C=O) groups excluding carboxylic acids is 2. The van der Waals surface area contributed by atoms with Crippen molar-refractivity contribution in [2.24, 2.45) is 0 Å². The molecule has 0 unspecified atom stereocenters. The van der Waals surface area contributed by atoms with Crippen molar-refractivity contribution in [3.8, 4) is 22.9 Å². The summed E-state index contributed by atoms with van der Waals surface area (Å²) >= 11 is 0. The molecule has 0 spiro atoms. The number of nitrogens with zero attached hydrogens (tertiary/aromatic N) is 2. The molecule has 0 N–H and O–H groups in total. The molecule has 22 heavy (non-hydrogen) atoms. The lowest BCUT2D eigenvalue weighted by molar-refractivity contribution is 0.0987. The lowest BCUT2D eigenvalue weighted by Gasteiger charge is -2.11. The van der Waals surface area contributed by atoms with Gasteiger partial charge in [0.15, 0.2) is 11.5 Å². The number of allylic oxidation sites excluding steroid dienone is 2. The smallest absolute Gasteiger partial charge is 0.206 e. The van der Waals surface area contributed by atoms with E-state index in [4.69, 9.17) is 8.83 Å². The van der Waals surface area contributed by atoms with Crippen molar-refractivity contribution in [2.45, 2.75) is 0 Å². The summed E-state index contributed by atoms with van der Waals surface area (Å²) in [5.41, 5.74) is 0.758. The van der Waals surface area contributed by atoms with Crippen LogP contribution in [0.25, 0.3) is 22.9 Å². The minimum Gasteiger partial charge on any atom is -0.463 e. The van der Waals surface area contributed by atoms with E-state index in [2.05, 4.69) is 9.97 Å². The average molecular weight is 292 g/mol. The van der Waals surface area contributed by atoms with E-state index >= 15 is 0 Å². The highest BCUT2D eigenvalue weighted by molar-refractivity contribution is 6.20. The zero-order chi connectivity index (χ0) is 15.1. The first kappa shape index (κ1) is 12.5. The molecule has 3 aromatic rings. The van der Waals surface area contributed by atoms with E-state index in [9.17, 15) is 9.59 Å². The molecule has 0 aliphatic heterocycles. The van der Waals surface area contributed by atoms with Gasteiger partial charge in [-0.3, -0.25) is 9.59 Å². The Labute approximate surface area is 124 Å². The third-order valence-corrected chi connectivity index (χ3v) is 3.26. The van der Waals surface area contributed by atoms with E-state index in [1.54, 1.807) is 24.3 Å². The Kier molecular flexibility index (Phi) is 2.62. The first-order valence-electron chi connectivity index (χ1n) is 6.50. The minimum absolute atomic E-state index is 0.0224. The Morgan fingerprint density at radius 3 is 1.50 bits per heavy atom. The summed E-state index contributed by atoms with van der Waals surface area (Å²) in [5, 5.41) is 0. The standard InChI is InChI=1S/C16H8N2O4/c19-9-5-6-10(20)14-13(9)17-15(11-3-1-7-21-11)16(18-14)12-4-2-8-22-12/h1-8H. The predicted molar refractivity (Wildman–Crippen MR) is 75.2 cm³/mol. The fourth-order valence-electron chi connectivity index (χ4n) is 2.26. The van der Waals surface area contributed by atoms with Crippen molar-refractivity contribution in [2.75, 3.05) is 0 Å². The van der Waals surface area contributed by atoms with Crippen LogP contribution in [0.2, 0.25) is 0 Å². The fraction of sp³-hybridized carbons (Fsp3) is 0. The number of rotatable bonds is 2. The van der Waals surface area contributed by atoms with Crippen LogP contribution >= 0.6 is 0 Å². The molecule has 6 nitrogen and oxygen atoms in total. The maximum Gasteiger partial charge on any atom is 0.206 e. The summed E-state index contributed by atoms with van der Waals surface area (Å²) in [4.78, 5) is 32.5. The summed E-state index contributed by atoms with van der Waals surface area (Å²) in [5.74, 6) is 0.162. The molecule has 1 aliphatic rings. The van der Waals surface area contributed by atoms with Gasteiger partial charge >= 0.3 is 0 Å². The van der Waals surface area contributed by atoms with Crippen LogP contribution in [0.5, 0.6) is 0 Å². The first-order valence-corrected chi connectivity index (χ1v) is 6.50. The number of aromatic nitrogens is 2. The SMILES string of the molecule is O=C1C=CC(=O)c2nc(-c3ccco3)c(-c3ccco3)nc21. The maximum atomic E-state index is 12.0. The van der Waals surface area contributed by atoms with Gasteiger partial charge in [-0.2, -0.15) is 0 Å². The highest BCUT2D eigenvalue weighted by Gasteiger charge is 2.27. The van der Waals surface area contributed by atoms with E-state index in [1.165, 1.54) is 24.7 Å². The van der Waals surface area contributed by atoms with Crippen LogP contribution in [0.4, 0.5) is 0 Å². The molecule has 0 fully saturated rings. The molecular weight excluding hydrogens is 284 g/mol. The highest BCUT2D eigenvalue weighted by atomic mass is 16.3. The van der Waals surface area contributed by atoms with Gasteiger partial charge in [-0.15, -0.1) is 0 Å². The van der Waals surface area contributed by atoms with Gasteiger partial charge in [0.2, 0.25) is 11.6 Å². The van der Waals surface area contributed by atoms with Crippen LogP contribution in [0, 0.1) is 0 Å². The molecule has 3 heterocycles. The molecule has 0 atom stereocenters. The summed E-state index contributed by atoms with van der Waals surface area (Å²) < 4.78 is 10.7. The molecule has 4 rings (SSSR count). The van der Waals surface area contributed by atoms with E-state index in [-0.39, 0.29) is 23.0 Å². The van der Waals surface area contributed by atoms with Gasteiger partial charge in [0.25, 0.3) is 0 Å². The monoisotopic (exact) mass is 292 g/mol. The quantitative estimate of drug-likeness (QED) is 0.721. The molecular formula is C16H8N2O4. The fourth-order valence-corrected chi connectivity index (χ4v) is 2.26. The first-order chi connectivity index (χ1) is 10.7. The van der Waals surface area contributed by atoms with Crippen LogP contribution in [0.3, 0.4) is 0 Å². The Hall–Kier alpha value is -3.28. The third kappa shape index (κ3) is 1.81. The molecule has 3 aromatic heterocycles. The van der Waals surface area contributed by atoms with E-state index in [0.29, 0.717) is 22.9 Å². The van der Waals surface area contributed by atoms with Crippen LogP contribution in [-0.4, -0.2) is 21.5 Å². The van der Waals surface area contributed by atoms with Crippen molar-refractivity contribution < 1.29 is 18.4 Å². The lowest BCUT2D eigenvalue weighted by atomic mass is 10.0. The number of hydrogen-bond donors (Lipinski definition) is 0. The molecule has 6 heteroatoms. The molecule has 0 saturated heterocycles. The van der Waals surface area contributed by atoms with E-state index in [0.717, 1.165) is 0 Å². The molecule has 1 aliphatic carbocycles. The summed E-state index contributed by atoms with van der Waals surface area (Å²) in [7, 11) is 0. The van der Waals surface area contributed by atoms with E-state index in [1.807, 2.05) is 0 Å². The third-order valence-electron chi connectivity index (χ3n) is 3.26. The second kappa shape index (κ2) is 4.63. The van der Waals surface area contributed by atoms with Crippen molar-refractivity contribution in [1.82, 2.24) is 9.97 Å². The Balaban J connectivity index is 2.03. The molecule has 106 valence electrons. The van der Waals surface area contributed by atoms with Crippen LogP contribution in [0.1, 0.15) is 21.0 Å². The largest absolute Gasteiger partial charge is 0.463 e. The Morgan fingerprint density at radius 1 is 0.682 bits per heavy atom. The topological polar surface area (TPSA) is 86.2 Å². The minimum atomic E-state index is -0.360. The van der Waals surface area contributed by atoms with Crippen LogP contribution in [0.15, 0.2) is 57.8 Å².